The molecule has 1 aromatic carbocycles. The van der Waals surface area contributed by atoms with E-state index in [1.54, 1.807) is 0 Å². The molecule has 0 aliphatic carbocycles. The number of morpholine rings is 1. The van der Waals surface area contributed by atoms with Crippen molar-refractivity contribution in [2.24, 2.45) is 0 Å². The number of carbonyl (C=O) groups is 2. The summed E-state index contributed by atoms with van der Waals surface area (Å²) in [5.74, 6) is -3.91. The molecular formula is C13H14F2N2O4. The van der Waals surface area contributed by atoms with Gasteiger partial charge in [-0.1, -0.05) is 0 Å². The number of rotatable bonds is 3. The third-order valence-electron chi connectivity index (χ3n) is 3.23. The fourth-order valence-corrected chi connectivity index (χ4v) is 2.22. The van der Waals surface area contributed by atoms with Gasteiger partial charge >= 0.3 is 5.97 Å². The zero-order chi connectivity index (χ0) is 15.6. The van der Waals surface area contributed by atoms with Crippen LogP contribution in [0.2, 0.25) is 0 Å². The lowest BCUT2D eigenvalue weighted by Gasteiger charge is -2.36. The van der Waals surface area contributed by atoms with E-state index in [-0.39, 0.29) is 19.8 Å². The Kier molecular flexibility index (Phi) is 4.37. The van der Waals surface area contributed by atoms with Crippen molar-refractivity contribution in [3.8, 4) is 0 Å². The first-order valence-corrected chi connectivity index (χ1v) is 6.24. The van der Waals surface area contributed by atoms with Gasteiger partial charge in [-0.05, 0) is 12.1 Å². The normalized spacial score (nSPS) is 18.4. The molecule has 0 radical (unpaired) electrons. The first-order valence-electron chi connectivity index (χ1n) is 6.24. The van der Waals surface area contributed by atoms with Gasteiger partial charge < -0.3 is 20.1 Å². The van der Waals surface area contributed by atoms with E-state index in [0.29, 0.717) is 0 Å². The SMILES string of the molecule is CNC(=O)C1COCCN1c1c(F)cc(C(=O)O)cc1F. The van der Waals surface area contributed by atoms with Crippen molar-refractivity contribution in [3.05, 3.63) is 29.3 Å². The van der Waals surface area contributed by atoms with Gasteiger partial charge in [0.1, 0.15) is 23.4 Å². The Bertz CT molecular complexity index is 556. The van der Waals surface area contributed by atoms with E-state index in [1.807, 2.05) is 0 Å². The molecule has 1 aliphatic heterocycles. The number of benzene rings is 1. The Morgan fingerprint density at radius 3 is 2.52 bits per heavy atom. The summed E-state index contributed by atoms with van der Waals surface area (Å²) in [5, 5.41) is 11.2. The molecule has 0 spiro atoms. The van der Waals surface area contributed by atoms with Gasteiger partial charge in [0.2, 0.25) is 5.91 Å². The smallest absolute Gasteiger partial charge is 0.335 e. The van der Waals surface area contributed by atoms with Crippen LogP contribution in [0.25, 0.3) is 0 Å². The maximum atomic E-state index is 14.1. The third-order valence-corrected chi connectivity index (χ3v) is 3.23. The maximum Gasteiger partial charge on any atom is 0.335 e. The standard InChI is InChI=1S/C13H14F2N2O4/c1-16-12(18)10-6-21-3-2-17(10)11-8(14)4-7(13(19)20)5-9(11)15/h4-5,10H,2-3,6H2,1H3,(H,16,18)(H,19,20). The predicted molar refractivity (Wildman–Crippen MR) is 69.3 cm³/mol. The van der Waals surface area contributed by atoms with Crippen LogP contribution < -0.4 is 10.2 Å². The topological polar surface area (TPSA) is 78.9 Å². The lowest BCUT2D eigenvalue weighted by Crippen LogP contribution is -2.54. The average Bonchev–Trinajstić information content (AvgIpc) is 2.46. The van der Waals surface area contributed by atoms with Crippen molar-refractivity contribution >= 4 is 17.6 Å². The first kappa shape index (κ1) is 15.2. The fourth-order valence-electron chi connectivity index (χ4n) is 2.22. The molecule has 1 aliphatic rings. The zero-order valence-electron chi connectivity index (χ0n) is 11.2. The monoisotopic (exact) mass is 300 g/mol. The lowest BCUT2D eigenvalue weighted by atomic mass is 10.1. The van der Waals surface area contributed by atoms with Gasteiger partial charge in [-0.3, -0.25) is 4.79 Å². The van der Waals surface area contributed by atoms with Crippen LogP contribution in [0.3, 0.4) is 0 Å². The highest BCUT2D eigenvalue weighted by Gasteiger charge is 2.32. The number of nitrogens with zero attached hydrogens (tertiary/aromatic N) is 1. The molecule has 1 unspecified atom stereocenters. The Hall–Kier alpha value is -2.22. The van der Waals surface area contributed by atoms with Crippen molar-refractivity contribution in [2.45, 2.75) is 6.04 Å². The van der Waals surface area contributed by atoms with E-state index >= 15 is 0 Å². The van der Waals surface area contributed by atoms with Crippen molar-refractivity contribution in [1.82, 2.24) is 5.32 Å². The van der Waals surface area contributed by atoms with Crippen LogP contribution >= 0.6 is 0 Å². The minimum atomic E-state index is -1.43. The van der Waals surface area contributed by atoms with Gasteiger partial charge in [-0.25, -0.2) is 13.6 Å². The number of aromatic carboxylic acids is 1. The molecule has 1 heterocycles. The second kappa shape index (κ2) is 6.04. The quantitative estimate of drug-likeness (QED) is 0.855. The molecule has 1 fully saturated rings. The van der Waals surface area contributed by atoms with Crippen molar-refractivity contribution in [2.75, 3.05) is 31.7 Å². The highest BCUT2D eigenvalue weighted by molar-refractivity contribution is 5.89. The molecule has 2 N–H and O–H groups in total. The van der Waals surface area contributed by atoms with Crippen LogP contribution in [-0.2, 0) is 9.53 Å². The lowest BCUT2D eigenvalue weighted by molar-refractivity contribution is -0.124. The van der Waals surface area contributed by atoms with Gasteiger partial charge in [-0.2, -0.15) is 0 Å². The number of hydrogen-bond donors (Lipinski definition) is 2. The molecule has 114 valence electrons. The molecule has 8 heteroatoms. The van der Waals surface area contributed by atoms with Crippen LogP contribution in [0.5, 0.6) is 0 Å². The third kappa shape index (κ3) is 2.94. The number of hydrogen-bond acceptors (Lipinski definition) is 4. The molecule has 0 aromatic heterocycles. The first-order chi connectivity index (χ1) is 9.95. The summed E-state index contributed by atoms with van der Waals surface area (Å²) in [4.78, 5) is 23.8. The van der Waals surface area contributed by atoms with E-state index in [9.17, 15) is 18.4 Å². The number of carboxylic acids is 1. The van der Waals surface area contributed by atoms with E-state index < -0.39 is 40.8 Å². The Morgan fingerprint density at radius 2 is 2.00 bits per heavy atom. The number of amides is 1. The van der Waals surface area contributed by atoms with Crippen LogP contribution in [0, 0.1) is 11.6 Å². The maximum absolute atomic E-state index is 14.1. The van der Waals surface area contributed by atoms with Crippen LogP contribution in [0.4, 0.5) is 14.5 Å². The number of anilines is 1. The summed E-state index contributed by atoms with van der Waals surface area (Å²) < 4.78 is 33.3. The highest BCUT2D eigenvalue weighted by Crippen LogP contribution is 2.28. The molecular weight excluding hydrogens is 286 g/mol. The minimum Gasteiger partial charge on any atom is -0.478 e. The number of carbonyl (C=O) groups excluding carboxylic acids is 1. The van der Waals surface area contributed by atoms with Crippen molar-refractivity contribution in [3.63, 3.8) is 0 Å². The Balaban J connectivity index is 2.43. The summed E-state index contributed by atoms with van der Waals surface area (Å²) in [6.45, 7) is 0.338. The average molecular weight is 300 g/mol. The summed E-state index contributed by atoms with van der Waals surface area (Å²) in [7, 11) is 1.41. The van der Waals surface area contributed by atoms with E-state index in [2.05, 4.69) is 5.32 Å². The van der Waals surface area contributed by atoms with Crippen LogP contribution in [0.15, 0.2) is 12.1 Å². The minimum absolute atomic E-state index is 0.000759. The second-order valence-corrected chi connectivity index (χ2v) is 4.49. The number of nitrogens with one attached hydrogen (secondary N) is 1. The van der Waals surface area contributed by atoms with Gasteiger partial charge in [0.25, 0.3) is 0 Å². The van der Waals surface area contributed by atoms with Gasteiger partial charge in [-0.15, -0.1) is 0 Å². The molecule has 0 saturated carbocycles. The van der Waals surface area contributed by atoms with Crippen LogP contribution in [0.1, 0.15) is 10.4 Å². The molecule has 1 saturated heterocycles. The van der Waals surface area contributed by atoms with Crippen molar-refractivity contribution < 1.29 is 28.2 Å². The summed E-state index contributed by atoms with van der Waals surface area (Å²) in [6.07, 6.45) is 0. The summed E-state index contributed by atoms with van der Waals surface area (Å²) in [6, 6.07) is 0.595. The largest absolute Gasteiger partial charge is 0.478 e. The molecule has 2 rings (SSSR count). The Morgan fingerprint density at radius 1 is 1.38 bits per heavy atom. The zero-order valence-corrected chi connectivity index (χ0v) is 11.2. The second-order valence-electron chi connectivity index (χ2n) is 4.49. The fraction of sp³-hybridized carbons (Fsp3) is 0.385. The Labute approximate surface area is 119 Å². The van der Waals surface area contributed by atoms with E-state index in [4.69, 9.17) is 9.84 Å². The van der Waals surface area contributed by atoms with Crippen LogP contribution in [-0.4, -0.2) is 49.8 Å². The summed E-state index contributed by atoms with van der Waals surface area (Å²) >= 11 is 0. The molecule has 6 nitrogen and oxygen atoms in total. The van der Waals surface area contributed by atoms with Crippen molar-refractivity contribution in [1.29, 1.82) is 0 Å². The number of ether oxygens (including phenoxy) is 1. The molecule has 21 heavy (non-hydrogen) atoms. The highest BCUT2D eigenvalue weighted by atomic mass is 19.1. The molecule has 1 amide bonds. The molecule has 1 atom stereocenters. The van der Waals surface area contributed by atoms with E-state index in [0.717, 1.165) is 12.1 Å². The van der Waals surface area contributed by atoms with E-state index in [1.165, 1.54) is 11.9 Å². The molecule has 0 bridgehead atoms. The van der Waals surface area contributed by atoms with Gasteiger partial charge in [0.05, 0.1) is 18.8 Å². The van der Waals surface area contributed by atoms with Gasteiger partial charge in [0, 0.05) is 13.6 Å². The summed E-state index contributed by atoms with van der Waals surface area (Å²) in [5.41, 5.74) is -0.907. The predicted octanol–water partition coefficient (Wildman–Crippen LogP) is 0.614. The molecule has 1 aromatic rings. The van der Waals surface area contributed by atoms with Gasteiger partial charge in [0.15, 0.2) is 0 Å². The number of carboxylic acid groups (broad SMARTS) is 1. The number of halogens is 2. The number of likely N-dealkylation sites (N-methyl/N-ethyl adjacent to an activating group) is 1.